The Bertz CT molecular complexity index is 533. The van der Waals surface area contributed by atoms with Gasteiger partial charge in [0.15, 0.2) is 6.29 Å². The van der Waals surface area contributed by atoms with Crippen molar-refractivity contribution in [2.45, 2.75) is 31.0 Å². The third kappa shape index (κ3) is 3.38. The van der Waals surface area contributed by atoms with Gasteiger partial charge in [-0.2, -0.15) is 4.31 Å². The number of benzene rings is 1. The summed E-state index contributed by atoms with van der Waals surface area (Å²) in [5.41, 5.74) is 1.12. The summed E-state index contributed by atoms with van der Waals surface area (Å²) in [5, 5.41) is 0. The highest BCUT2D eigenvalue weighted by atomic mass is 32.2. The molecule has 0 saturated carbocycles. The van der Waals surface area contributed by atoms with Crippen molar-refractivity contribution in [1.82, 2.24) is 4.31 Å². The lowest BCUT2D eigenvalue weighted by Gasteiger charge is -2.20. The Hall–Kier alpha value is -0.950. The summed E-state index contributed by atoms with van der Waals surface area (Å²) < 4.78 is 36.7. The Morgan fingerprint density at radius 2 is 1.75 bits per heavy atom. The van der Waals surface area contributed by atoms with Crippen LogP contribution in [0.4, 0.5) is 0 Å². The summed E-state index contributed by atoms with van der Waals surface area (Å²) in [4.78, 5) is 0.294. The van der Waals surface area contributed by atoms with Crippen molar-refractivity contribution < 1.29 is 17.9 Å². The van der Waals surface area contributed by atoms with E-state index in [0.29, 0.717) is 24.0 Å². The Balaban J connectivity index is 2.11. The molecular weight excluding hydrogens is 278 g/mol. The second kappa shape index (κ2) is 6.22. The van der Waals surface area contributed by atoms with Crippen molar-refractivity contribution in [3.05, 3.63) is 29.8 Å². The molecule has 2 rings (SSSR count). The quantitative estimate of drug-likeness (QED) is 0.832. The summed E-state index contributed by atoms with van der Waals surface area (Å²) in [6, 6.07) is 7.01. The first kappa shape index (κ1) is 15.4. The monoisotopic (exact) mass is 299 g/mol. The van der Waals surface area contributed by atoms with E-state index < -0.39 is 16.3 Å². The van der Waals surface area contributed by atoms with Crippen molar-refractivity contribution in [1.29, 1.82) is 0 Å². The van der Waals surface area contributed by atoms with Crippen molar-refractivity contribution in [3.8, 4) is 0 Å². The zero-order valence-electron chi connectivity index (χ0n) is 12.1. The topological polar surface area (TPSA) is 55.8 Å². The largest absolute Gasteiger partial charge is 0.349 e. The molecule has 1 aliphatic rings. The van der Waals surface area contributed by atoms with Gasteiger partial charge in [-0.3, -0.25) is 0 Å². The van der Waals surface area contributed by atoms with Crippen molar-refractivity contribution in [2.24, 2.45) is 0 Å². The van der Waals surface area contributed by atoms with E-state index in [4.69, 9.17) is 9.47 Å². The number of sulfonamides is 1. The molecule has 0 spiro atoms. The van der Waals surface area contributed by atoms with Gasteiger partial charge in [-0.25, -0.2) is 8.42 Å². The molecule has 6 heteroatoms. The van der Waals surface area contributed by atoms with Gasteiger partial charge < -0.3 is 9.47 Å². The lowest BCUT2D eigenvalue weighted by molar-refractivity contribution is -0.0482. The molecule has 0 aliphatic carbocycles. The minimum atomic E-state index is -3.50. The standard InChI is InChI=1S/C14H21NO4S/c1-11(2)12-4-6-13(7-5-12)20(16,17)15(3)10-14-18-8-9-19-14/h4-7,11,14H,8-10H2,1-3H3. The van der Waals surface area contributed by atoms with Gasteiger partial charge in [-0.05, 0) is 23.6 Å². The fourth-order valence-electron chi connectivity index (χ4n) is 2.03. The molecule has 0 atom stereocenters. The zero-order valence-corrected chi connectivity index (χ0v) is 12.9. The van der Waals surface area contributed by atoms with Crippen LogP contribution in [0.15, 0.2) is 29.2 Å². The normalized spacial score (nSPS) is 17.2. The molecule has 0 radical (unpaired) electrons. The maximum atomic E-state index is 12.4. The van der Waals surface area contributed by atoms with Crippen LogP contribution < -0.4 is 0 Å². The lowest BCUT2D eigenvalue weighted by atomic mass is 10.0. The van der Waals surface area contributed by atoms with Crippen LogP contribution >= 0.6 is 0 Å². The molecule has 20 heavy (non-hydrogen) atoms. The molecule has 1 fully saturated rings. The Labute approximate surface area is 120 Å². The second-order valence-electron chi connectivity index (χ2n) is 5.18. The van der Waals surface area contributed by atoms with E-state index in [1.165, 1.54) is 11.4 Å². The maximum absolute atomic E-state index is 12.4. The first-order chi connectivity index (χ1) is 9.41. The zero-order chi connectivity index (χ0) is 14.8. The minimum Gasteiger partial charge on any atom is -0.349 e. The van der Waals surface area contributed by atoms with Crippen LogP contribution in [0.5, 0.6) is 0 Å². The van der Waals surface area contributed by atoms with Gasteiger partial charge in [0.1, 0.15) is 0 Å². The van der Waals surface area contributed by atoms with Gasteiger partial charge in [0.2, 0.25) is 10.0 Å². The van der Waals surface area contributed by atoms with Crippen LogP contribution in [0.1, 0.15) is 25.3 Å². The van der Waals surface area contributed by atoms with Gasteiger partial charge in [0, 0.05) is 7.05 Å². The fourth-order valence-corrected chi connectivity index (χ4v) is 3.18. The summed E-state index contributed by atoms with van der Waals surface area (Å²) in [7, 11) is -1.96. The number of ether oxygens (including phenoxy) is 2. The smallest absolute Gasteiger partial charge is 0.242 e. The third-order valence-electron chi connectivity index (χ3n) is 3.35. The molecule has 112 valence electrons. The molecule has 0 amide bonds. The van der Waals surface area contributed by atoms with E-state index in [9.17, 15) is 8.42 Å². The van der Waals surface area contributed by atoms with Crippen LogP contribution in [0, 0.1) is 0 Å². The van der Waals surface area contributed by atoms with E-state index in [-0.39, 0.29) is 6.54 Å². The van der Waals surface area contributed by atoms with Gasteiger partial charge in [-0.1, -0.05) is 26.0 Å². The SMILES string of the molecule is CC(C)c1ccc(S(=O)(=O)N(C)CC2OCCO2)cc1. The predicted octanol–water partition coefficient (Wildman–Crippen LogP) is 1.80. The van der Waals surface area contributed by atoms with Crippen LogP contribution in [0.2, 0.25) is 0 Å². The summed E-state index contributed by atoms with van der Waals surface area (Å²) >= 11 is 0. The van der Waals surface area contributed by atoms with E-state index >= 15 is 0 Å². The van der Waals surface area contributed by atoms with Gasteiger partial charge in [0.25, 0.3) is 0 Å². The predicted molar refractivity (Wildman–Crippen MR) is 76.0 cm³/mol. The van der Waals surface area contributed by atoms with Crippen LogP contribution in [-0.4, -0.2) is 45.8 Å². The molecule has 1 saturated heterocycles. The molecule has 1 aliphatic heterocycles. The summed E-state index contributed by atoms with van der Waals surface area (Å²) in [6.07, 6.45) is -0.468. The van der Waals surface area contributed by atoms with Crippen molar-refractivity contribution >= 4 is 10.0 Å². The van der Waals surface area contributed by atoms with Crippen LogP contribution in [-0.2, 0) is 19.5 Å². The fraction of sp³-hybridized carbons (Fsp3) is 0.571. The third-order valence-corrected chi connectivity index (χ3v) is 5.19. The van der Waals surface area contributed by atoms with E-state index in [2.05, 4.69) is 13.8 Å². The lowest BCUT2D eigenvalue weighted by Crippen LogP contribution is -2.34. The maximum Gasteiger partial charge on any atom is 0.242 e. The number of likely N-dealkylation sites (N-methyl/N-ethyl adjacent to an activating group) is 1. The number of hydrogen-bond donors (Lipinski definition) is 0. The van der Waals surface area contributed by atoms with Crippen LogP contribution in [0.25, 0.3) is 0 Å². The summed E-state index contributed by atoms with van der Waals surface area (Å²) in [5.74, 6) is 0.379. The average Bonchev–Trinajstić information content (AvgIpc) is 2.91. The van der Waals surface area contributed by atoms with E-state index in [0.717, 1.165) is 5.56 Å². The molecule has 5 nitrogen and oxygen atoms in total. The highest BCUT2D eigenvalue weighted by Gasteiger charge is 2.26. The number of nitrogens with zero attached hydrogens (tertiary/aromatic N) is 1. The van der Waals surface area contributed by atoms with Gasteiger partial charge in [0.05, 0.1) is 24.7 Å². The molecule has 1 heterocycles. The Morgan fingerprint density at radius 1 is 1.20 bits per heavy atom. The molecular formula is C14H21NO4S. The average molecular weight is 299 g/mol. The highest BCUT2D eigenvalue weighted by Crippen LogP contribution is 2.20. The highest BCUT2D eigenvalue weighted by molar-refractivity contribution is 7.89. The van der Waals surface area contributed by atoms with Gasteiger partial charge in [-0.15, -0.1) is 0 Å². The number of rotatable bonds is 5. The van der Waals surface area contributed by atoms with E-state index in [1.54, 1.807) is 12.1 Å². The van der Waals surface area contributed by atoms with Gasteiger partial charge >= 0.3 is 0 Å². The first-order valence-corrected chi connectivity index (χ1v) is 8.15. The Morgan fingerprint density at radius 3 is 2.25 bits per heavy atom. The molecule has 0 N–H and O–H groups in total. The molecule has 1 aromatic carbocycles. The molecule has 0 bridgehead atoms. The van der Waals surface area contributed by atoms with Crippen molar-refractivity contribution in [2.75, 3.05) is 26.8 Å². The molecule has 0 unspecified atom stereocenters. The Kier molecular flexibility index (Phi) is 4.80. The first-order valence-electron chi connectivity index (χ1n) is 6.71. The molecule has 0 aromatic heterocycles. The molecule has 1 aromatic rings. The van der Waals surface area contributed by atoms with Crippen LogP contribution in [0.3, 0.4) is 0 Å². The van der Waals surface area contributed by atoms with Crippen molar-refractivity contribution in [3.63, 3.8) is 0 Å². The second-order valence-corrected chi connectivity index (χ2v) is 7.23. The summed E-state index contributed by atoms with van der Waals surface area (Å²) in [6.45, 7) is 5.38. The minimum absolute atomic E-state index is 0.203. The van der Waals surface area contributed by atoms with E-state index in [1.807, 2.05) is 12.1 Å². The number of hydrogen-bond acceptors (Lipinski definition) is 4.